The van der Waals surface area contributed by atoms with Crippen molar-refractivity contribution < 1.29 is 14.6 Å². The van der Waals surface area contributed by atoms with Crippen molar-refractivity contribution in [2.24, 2.45) is 0 Å². The fourth-order valence-electron chi connectivity index (χ4n) is 2.90. The summed E-state index contributed by atoms with van der Waals surface area (Å²) in [6, 6.07) is 10.9. The molecule has 0 aromatic heterocycles. The van der Waals surface area contributed by atoms with Crippen molar-refractivity contribution >= 4 is 34.6 Å². The quantitative estimate of drug-likeness (QED) is 0.863. The minimum Gasteiger partial charge on any atom is -0.457 e. The average molecular weight is 367 g/mol. The Balaban J connectivity index is 1.56. The summed E-state index contributed by atoms with van der Waals surface area (Å²) in [5, 5.41) is 14.7. The summed E-state index contributed by atoms with van der Waals surface area (Å²) in [5.41, 5.74) is 1.22. The second-order valence-corrected chi connectivity index (χ2v) is 7.01. The van der Waals surface area contributed by atoms with Crippen LogP contribution in [-0.4, -0.2) is 37.1 Å². The highest BCUT2D eigenvalue weighted by Crippen LogP contribution is 2.38. The molecule has 0 radical (unpaired) electrons. The van der Waals surface area contributed by atoms with E-state index in [2.05, 4.69) is 10.2 Å². The van der Waals surface area contributed by atoms with Gasteiger partial charge in [-0.05, 0) is 30.3 Å². The lowest BCUT2D eigenvalue weighted by Gasteiger charge is -2.39. The van der Waals surface area contributed by atoms with Crippen molar-refractivity contribution in [2.75, 3.05) is 36.6 Å². The van der Waals surface area contributed by atoms with Gasteiger partial charge in [0.2, 0.25) is 0 Å². The molecule has 4 rings (SSSR count). The fourth-order valence-corrected chi connectivity index (χ4v) is 3.41. The van der Waals surface area contributed by atoms with Gasteiger partial charge in [0, 0.05) is 16.1 Å². The number of halogens is 2. The van der Waals surface area contributed by atoms with E-state index in [1.807, 2.05) is 18.2 Å². The Kier molecular flexibility index (Phi) is 3.96. The van der Waals surface area contributed by atoms with Gasteiger partial charge in [0.25, 0.3) is 0 Å². The Morgan fingerprint density at radius 2 is 1.88 bits per heavy atom. The van der Waals surface area contributed by atoms with Crippen LogP contribution in [0.25, 0.3) is 0 Å². The first-order chi connectivity index (χ1) is 11.5. The maximum absolute atomic E-state index is 10.3. The van der Waals surface area contributed by atoms with Gasteiger partial charge in [0.1, 0.15) is 17.1 Å². The number of fused-ring (bicyclic) bond motifs is 1. The van der Waals surface area contributed by atoms with Crippen LogP contribution in [0.4, 0.5) is 11.4 Å². The van der Waals surface area contributed by atoms with Crippen LogP contribution in [-0.2, 0) is 4.74 Å². The molecule has 0 atom stereocenters. The van der Waals surface area contributed by atoms with Gasteiger partial charge in [-0.1, -0.05) is 23.2 Å². The maximum Gasteiger partial charge on any atom is 0.130 e. The zero-order valence-corrected chi connectivity index (χ0v) is 14.3. The van der Waals surface area contributed by atoms with Crippen LogP contribution < -0.4 is 15.0 Å². The molecule has 2 N–H and O–H groups in total. The van der Waals surface area contributed by atoms with Crippen LogP contribution in [0.2, 0.25) is 10.0 Å². The third-order valence-electron chi connectivity index (χ3n) is 4.07. The average Bonchev–Trinajstić information content (AvgIpc) is 2.87. The zero-order chi connectivity index (χ0) is 16.7. The van der Waals surface area contributed by atoms with Crippen LogP contribution in [0, 0.1) is 0 Å². The summed E-state index contributed by atoms with van der Waals surface area (Å²) >= 11 is 12.0. The van der Waals surface area contributed by atoms with Gasteiger partial charge in [-0.3, -0.25) is 0 Å². The van der Waals surface area contributed by atoms with E-state index in [4.69, 9.17) is 32.7 Å². The fraction of sp³-hybridized carbons (Fsp3) is 0.294. The highest BCUT2D eigenvalue weighted by atomic mass is 35.5. The predicted octanol–water partition coefficient (Wildman–Crippen LogP) is 3.74. The monoisotopic (exact) mass is 366 g/mol. The SMILES string of the molecule is OC1(CN2CNc3ccc(Oc4cc(Cl)cc(Cl)c4)cc32)COC1. The van der Waals surface area contributed by atoms with Crippen molar-refractivity contribution in [3.63, 3.8) is 0 Å². The molecule has 7 heteroatoms. The maximum atomic E-state index is 10.3. The molecule has 2 aromatic rings. The predicted molar refractivity (Wildman–Crippen MR) is 94.6 cm³/mol. The summed E-state index contributed by atoms with van der Waals surface area (Å²) in [6.07, 6.45) is 0. The first-order valence-electron chi connectivity index (χ1n) is 7.58. The molecular formula is C17H16Cl2N2O3. The molecule has 0 spiro atoms. The van der Waals surface area contributed by atoms with E-state index < -0.39 is 5.60 Å². The second kappa shape index (κ2) is 6.01. The largest absolute Gasteiger partial charge is 0.457 e. The molecule has 0 bridgehead atoms. The van der Waals surface area contributed by atoms with E-state index in [1.54, 1.807) is 18.2 Å². The molecule has 5 nitrogen and oxygen atoms in total. The van der Waals surface area contributed by atoms with Gasteiger partial charge < -0.3 is 24.8 Å². The Morgan fingerprint density at radius 1 is 1.12 bits per heavy atom. The van der Waals surface area contributed by atoms with Crippen LogP contribution in [0.1, 0.15) is 0 Å². The lowest BCUT2D eigenvalue weighted by atomic mass is 10.0. The number of rotatable bonds is 4. The normalized spacial score (nSPS) is 17.9. The van der Waals surface area contributed by atoms with Crippen molar-refractivity contribution in [2.45, 2.75) is 5.60 Å². The number of aliphatic hydroxyl groups is 1. The second-order valence-electron chi connectivity index (χ2n) is 6.14. The van der Waals surface area contributed by atoms with Crippen molar-refractivity contribution in [1.82, 2.24) is 0 Å². The number of ether oxygens (including phenoxy) is 2. The topological polar surface area (TPSA) is 54.0 Å². The van der Waals surface area contributed by atoms with Gasteiger partial charge in [0.15, 0.2) is 0 Å². The Hall–Kier alpha value is -1.66. The lowest BCUT2D eigenvalue weighted by molar-refractivity contribution is -0.171. The number of nitrogens with one attached hydrogen (secondary N) is 1. The molecule has 126 valence electrons. The van der Waals surface area contributed by atoms with Crippen LogP contribution in [0.5, 0.6) is 11.5 Å². The van der Waals surface area contributed by atoms with Crippen molar-refractivity contribution in [3.8, 4) is 11.5 Å². The van der Waals surface area contributed by atoms with Gasteiger partial charge >= 0.3 is 0 Å². The molecule has 24 heavy (non-hydrogen) atoms. The third kappa shape index (κ3) is 3.13. The standard InChI is InChI=1S/C17H16Cl2N2O3/c18-11-3-12(19)5-14(4-11)24-13-1-2-15-16(6-13)21(10-20-15)7-17(22)8-23-9-17/h1-6,20,22H,7-10H2. The summed E-state index contributed by atoms with van der Waals surface area (Å²) in [5.74, 6) is 1.26. The summed E-state index contributed by atoms with van der Waals surface area (Å²) < 4.78 is 11.0. The number of benzene rings is 2. The molecule has 2 aliphatic rings. The van der Waals surface area contributed by atoms with Crippen molar-refractivity contribution in [3.05, 3.63) is 46.4 Å². The molecule has 1 saturated heterocycles. The molecule has 0 saturated carbocycles. The number of nitrogens with zero attached hydrogens (tertiary/aromatic N) is 1. The van der Waals surface area contributed by atoms with E-state index >= 15 is 0 Å². The molecule has 0 unspecified atom stereocenters. The number of hydrogen-bond acceptors (Lipinski definition) is 5. The number of hydrogen-bond donors (Lipinski definition) is 2. The van der Waals surface area contributed by atoms with E-state index in [-0.39, 0.29) is 0 Å². The number of β-amino-alcohol motifs (C(OH)–C–C–N with tert-alkyl or cyclic N) is 1. The van der Waals surface area contributed by atoms with E-state index in [0.29, 0.717) is 48.0 Å². The van der Waals surface area contributed by atoms with E-state index in [9.17, 15) is 5.11 Å². The van der Waals surface area contributed by atoms with Gasteiger partial charge in [0.05, 0.1) is 37.8 Å². The first kappa shape index (κ1) is 15.8. The minimum atomic E-state index is -0.777. The van der Waals surface area contributed by atoms with Gasteiger partial charge in [-0.25, -0.2) is 0 Å². The summed E-state index contributed by atoms with van der Waals surface area (Å²) in [6.45, 7) is 1.90. The highest BCUT2D eigenvalue weighted by molar-refractivity contribution is 6.34. The van der Waals surface area contributed by atoms with E-state index in [1.165, 1.54) is 0 Å². The minimum absolute atomic E-state index is 0.371. The first-order valence-corrected chi connectivity index (χ1v) is 8.33. The van der Waals surface area contributed by atoms with Crippen LogP contribution in [0.3, 0.4) is 0 Å². The molecule has 2 heterocycles. The Morgan fingerprint density at radius 3 is 2.54 bits per heavy atom. The molecule has 2 aliphatic heterocycles. The van der Waals surface area contributed by atoms with E-state index in [0.717, 1.165) is 11.4 Å². The lowest BCUT2D eigenvalue weighted by Crippen LogP contribution is -2.57. The Labute approximate surface area is 149 Å². The van der Waals surface area contributed by atoms with Crippen LogP contribution >= 0.6 is 23.2 Å². The van der Waals surface area contributed by atoms with Gasteiger partial charge in [-0.15, -0.1) is 0 Å². The molecule has 1 fully saturated rings. The molecule has 2 aromatic carbocycles. The molecular weight excluding hydrogens is 351 g/mol. The number of anilines is 2. The molecule has 0 amide bonds. The highest BCUT2D eigenvalue weighted by Gasteiger charge is 2.39. The van der Waals surface area contributed by atoms with Gasteiger partial charge in [-0.2, -0.15) is 0 Å². The third-order valence-corrected chi connectivity index (χ3v) is 4.51. The smallest absolute Gasteiger partial charge is 0.130 e. The van der Waals surface area contributed by atoms with Crippen LogP contribution in [0.15, 0.2) is 36.4 Å². The molecule has 0 aliphatic carbocycles. The summed E-state index contributed by atoms with van der Waals surface area (Å²) in [4.78, 5) is 2.08. The zero-order valence-electron chi connectivity index (χ0n) is 12.8. The van der Waals surface area contributed by atoms with Crippen molar-refractivity contribution in [1.29, 1.82) is 0 Å². The summed E-state index contributed by atoms with van der Waals surface area (Å²) in [7, 11) is 0. The Bertz CT molecular complexity index is 760.